The van der Waals surface area contributed by atoms with E-state index in [0.717, 1.165) is 11.1 Å². The van der Waals surface area contributed by atoms with E-state index in [1.807, 2.05) is 36.4 Å². The van der Waals surface area contributed by atoms with E-state index in [0.29, 0.717) is 0 Å². The van der Waals surface area contributed by atoms with Crippen molar-refractivity contribution in [3.8, 4) is 0 Å². The van der Waals surface area contributed by atoms with Gasteiger partial charge in [-0.1, -0.05) is 60.7 Å². The van der Waals surface area contributed by atoms with Crippen molar-refractivity contribution in [3.05, 3.63) is 71.8 Å². The molecular weight excluding hydrogens is 360 g/mol. The summed E-state index contributed by atoms with van der Waals surface area (Å²) < 4.78 is 0. The van der Waals surface area contributed by atoms with Gasteiger partial charge >= 0.3 is 5.97 Å². The fraction of sp³-hybridized carbons (Fsp3) is 0.286. The number of hydroxylamine groups is 1. The number of amides is 2. The van der Waals surface area contributed by atoms with Gasteiger partial charge in [0.1, 0.15) is 6.04 Å². The molecule has 28 heavy (non-hydrogen) atoms. The summed E-state index contributed by atoms with van der Waals surface area (Å²) in [6.07, 6.45) is 0.171. The van der Waals surface area contributed by atoms with Crippen LogP contribution in [0.15, 0.2) is 60.7 Å². The number of carboxylic acid groups (broad SMARTS) is 1. The number of likely N-dealkylation sites (N-methyl/N-ethyl adjacent to an activating group) is 1. The maximum Gasteiger partial charge on any atom is 0.326 e. The summed E-state index contributed by atoms with van der Waals surface area (Å²) in [5.74, 6) is -3.07. The van der Waals surface area contributed by atoms with Crippen LogP contribution in [0, 0.1) is 5.92 Å². The highest BCUT2D eigenvalue weighted by Crippen LogP contribution is 2.18. The van der Waals surface area contributed by atoms with Crippen LogP contribution >= 0.6 is 0 Å². The van der Waals surface area contributed by atoms with Gasteiger partial charge in [-0.15, -0.1) is 0 Å². The largest absolute Gasteiger partial charge is 0.480 e. The van der Waals surface area contributed by atoms with E-state index in [-0.39, 0.29) is 19.3 Å². The second-order valence-electron chi connectivity index (χ2n) is 6.62. The molecule has 0 saturated carbocycles. The van der Waals surface area contributed by atoms with Crippen LogP contribution in [0.3, 0.4) is 0 Å². The Balaban J connectivity index is 2.21. The number of nitrogens with zero attached hydrogens (tertiary/aromatic N) is 1. The first-order valence-electron chi connectivity index (χ1n) is 8.92. The van der Waals surface area contributed by atoms with E-state index in [1.54, 1.807) is 29.7 Å². The lowest BCUT2D eigenvalue weighted by Gasteiger charge is -2.29. The van der Waals surface area contributed by atoms with Crippen molar-refractivity contribution < 1.29 is 24.7 Å². The smallest absolute Gasteiger partial charge is 0.326 e. The summed E-state index contributed by atoms with van der Waals surface area (Å²) in [5.41, 5.74) is 3.18. The molecule has 2 aromatic rings. The quantitative estimate of drug-likeness (QED) is 0.452. The Morgan fingerprint density at radius 3 is 1.89 bits per heavy atom. The van der Waals surface area contributed by atoms with Gasteiger partial charge in [0, 0.05) is 19.9 Å². The van der Waals surface area contributed by atoms with Crippen LogP contribution in [0.4, 0.5) is 0 Å². The van der Waals surface area contributed by atoms with E-state index in [4.69, 9.17) is 5.21 Å². The Morgan fingerprint density at radius 2 is 1.43 bits per heavy atom. The van der Waals surface area contributed by atoms with Crippen LogP contribution in [-0.4, -0.2) is 46.1 Å². The monoisotopic (exact) mass is 384 g/mol. The maximum absolute atomic E-state index is 13.0. The normalized spacial score (nSPS) is 12.6. The van der Waals surface area contributed by atoms with Gasteiger partial charge in [-0.2, -0.15) is 0 Å². The Kier molecular flexibility index (Phi) is 7.71. The molecule has 0 saturated heterocycles. The molecule has 2 aromatic carbocycles. The van der Waals surface area contributed by atoms with Gasteiger partial charge in [-0.25, -0.2) is 10.3 Å². The molecule has 2 rings (SSSR count). The second-order valence-corrected chi connectivity index (χ2v) is 6.62. The fourth-order valence-electron chi connectivity index (χ4n) is 3.08. The summed E-state index contributed by atoms with van der Waals surface area (Å²) in [7, 11) is 1.43. The second kappa shape index (κ2) is 10.2. The molecule has 0 spiro atoms. The summed E-state index contributed by atoms with van der Waals surface area (Å²) in [6.45, 7) is 0. The van der Waals surface area contributed by atoms with Gasteiger partial charge in [0.05, 0.1) is 5.92 Å². The van der Waals surface area contributed by atoms with E-state index in [9.17, 15) is 19.5 Å². The molecule has 0 fully saturated rings. The van der Waals surface area contributed by atoms with Gasteiger partial charge in [0.15, 0.2) is 0 Å². The van der Waals surface area contributed by atoms with Crippen molar-refractivity contribution in [2.75, 3.05) is 7.05 Å². The average molecular weight is 384 g/mol. The number of rotatable bonds is 9. The third-order valence-electron chi connectivity index (χ3n) is 4.60. The van der Waals surface area contributed by atoms with Crippen molar-refractivity contribution in [1.82, 2.24) is 10.4 Å². The zero-order valence-electron chi connectivity index (χ0n) is 15.6. The topological polar surface area (TPSA) is 107 Å². The number of carbonyl (C=O) groups is 3. The van der Waals surface area contributed by atoms with Crippen LogP contribution in [0.2, 0.25) is 0 Å². The molecule has 2 atom stereocenters. The standard InChI is InChI=1S/C21H24N2O5/c1-23(18(21(26)27)13-16-10-6-3-7-11-16)20(25)17(14-19(24)22-28)12-15-8-4-2-5-9-15/h2-11,17-18,28H,12-14H2,1H3,(H,22,24)(H,26,27). The number of nitrogens with one attached hydrogen (secondary N) is 1. The SMILES string of the molecule is CN(C(=O)C(CC(=O)NO)Cc1ccccc1)C(Cc1ccccc1)C(=O)O. The van der Waals surface area contributed by atoms with Crippen LogP contribution in [-0.2, 0) is 27.2 Å². The number of hydrogen-bond donors (Lipinski definition) is 3. The summed E-state index contributed by atoms with van der Waals surface area (Å²) >= 11 is 0. The van der Waals surface area contributed by atoms with Gasteiger partial charge < -0.3 is 10.0 Å². The minimum atomic E-state index is -1.12. The van der Waals surface area contributed by atoms with Gasteiger partial charge in [-0.05, 0) is 17.5 Å². The summed E-state index contributed by atoms with van der Waals surface area (Å²) in [6, 6.07) is 17.1. The van der Waals surface area contributed by atoms with Gasteiger partial charge in [0.2, 0.25) is 11.8 Å². The molecule has 0 aliphatic carbocycles. The first-order chi connectivity index (χ1) is 13.4. The van der Waals surface area contributed by atoms with Crippen molar-refractivity contribution in [2.24, 2.45) is 5.92 Å². The molecule has 2 unspecified atom stereocenters. The highest BCUT2D eigenvalue weighted by atomic mass is 16.5. The van der Waals surface area contributed by atoms with Crippen LogP contribution in [0.25, 0.3) is 0 Å². The lowest BCUT2D eigenvalue weighted by molar-refractivity contribution is -0.151. The van der Waals surface area contributed by atoms with Crippen LogP contribution in [0.5, 0.6) is 0 Å². The van der Waals surface area contributed by atoms with Gasteiger partial charge in [0.25, 0.3) is 0 Å². The lowest BCUT2D eigenvalue weighted by Crippen LogP contribution is -2.47. The van der Waals surface area contributed by atoms with Crippen molar-refractivity contribution in [1.29, 1.82) is 0 Å². The van der Waals surface area contributed by atoms with E-state index in [1.165, 1.54) is 11.9 Å². The molecule has 0 bridgehead atoms. The van der Waals surface area contributed by atoms with E-state index < -0.39 is 29.7 Å². The molecule has 0 heterocycles. The molecule has 148 valence electrons. The first kappa shape index (κ1) is 21.1. The van der Waals surface area contributed by atoms with E-state index >= 15 is 0 Å². The molecule has 2 amide bonds. The predicted molar refractivity (Wildman–Crippen MR) is 103 cm³/mol. The highest BCUT2D eigenvalue weighted by Gasteiger charge is 2.32. The number of hydrogen-bond acceptors (Lipinski definition) is 4. The number of benzene rings is 2. The van der Waals surface area contributed by atoms with Crippen molar-refractivity contribution in [3.63, 3.8) is 0 Å². The molecule has 0 radical (unpaired) electrons. The Labute approximate surface area is 163 Å². The molecule has 0 aromatic heterocycles. The molecule has 0 aliphatic heterocycles. The predicted octanol–water partition coefficient (Wildman–Crippen LogP) is 1.90. The zero-order chi connectivity index (χ0) is 20.5. The third-order valence-corrected chi connectivity index (χ3v) is 4.60. The number of carboxylic acids is 1. The van der Waals surface area contributed by atoms with Crippen LogP contribution in [0.1, 0.15) is 17.5 Å². The maximum atomic E-state index is 13.0. The van der Waals surface area contributed by atoms with E-state index in [2.05, 4.69) is 0 Å². The lowest BCUT2D eigenvalue weighted by atomic mass is 9.93. The Bertz CT molecular complexity index is 795. The zero-order valence-corrected chi connectivity index (χ0v) is 15.6. The summed E-state index contributed by atoms with van der Waals surface area (Å²) in [5, 5.41) is 18.5. The number of carbonyl (C=O) groups excluding carboxylic acids is 2. The molecule has 7 nitrogen and oxygen atoms in total. The van der Waals surface area contributed by atoms with Crippen LogP contribution < -0.4 is 5.48 Å². The minimum absolute atomic E-state index is 0.155. The van der Waals surface area contributed by atoms with Gasteiger partial charge in [-0.3, -0.25) is 14.8 Å². The first-order valence-corrected chi connectivity index (χ1v) is 8.92. The summed E-state index contributed by atoms with van der Waals surface area (Å²) in [4.78, 5) is 37.7. The molecule has 0 aliphatic rings. The fourth-order valence-corrected chi connectivity index (χ4v) is 3.08. The average Bonchev–Trinajstić information content (AvgIpc) is 2.71. The highest BCUT2D eigenvalue weighted by molar-refractivity contribution is 5.88. The molecule has 3 N–H and O–H groups in total. The Morgan fingerprint density at radius 1 is 0.929 bits per heavy atom. The number of aliphatic carboxylic acids is 1. The third kappa shape index (κ3) is 5.92. The van der Waals surface area contributed by atoms with Crippen molar-refractivity contribution in [2.45, 2.75) is 25.3 Å². The Hall–Kier alpha value is -3.19. The minimum Gasteiger partial charge on any atom is -0.480 e. The molecule has 7 heteroatoms. The van der Waals surface area contributed by atoms with Crippen molar-refractivity contribution >= 4 is 17.8 Å². The molecular formula is C21H24N2O5.